The summed E-state index contributed by atoms with van der Waals surface area (Å²) in [4.78, 5) is 36.9. The molecule has 0 spiro atoms. The molecule has 0 amide bonds. The van der Waals surface area contributed by atoms with E-state index in [1.54, 1.807) is 24.3 Å². The molecule has 0 N–H and O–H groups in total. The molecule has 0 saturated heterocycles. The molecule has 7 nitrogen and oxygen atoms in total. The van der Waals surface area contributed by atoms with Gasteiger partial charge in [0.05, 0.1) is 24.5 Å². The Labute approximate surface area is 181 Å². The number of esters is 2. The lowest BCUT2D eigenvalue weighted by Crippen LogP contribution is -2.43. The molecule has 3 unspecified atom stereocenters. The van der Waals surface area contributed by atoms with Gasteiger partial charge in [-0.2, -0.15) is 0 Å². The van der Waals surface area contributed by atoms with Crippen molar-refractivity contribution in [1.82, 2.24) is 0 Å². The maximum Gasteiger partial charge on any atom is 0.337 e. The Bertz CT molecular complexity index is 851. The summed E-state index contributed by atoms with van der Waals surface area (Å²) in [5.74, 6) is -0.351. The van der Waals surface area contributed by atoms with Crippen LogP contribution in [0.5, 0.6) is 5.75 Å². The lowest BCUT2D eigenvalue weighted by molar-refractivity contribution is -0.160. The van der Waals surface area contributed by atoms with E-state index >= 15 is 0 Å². The topological polar surface area (TPSA) is 88.1 Å². The van der Waals surface area contributed by atoms with Crippen molar-refractivity contribution in [3.63, 3.8) is 0 Å². The fourth-order valence-electron chi connectivity index (χ4n) is 4.62. The van der Waals surface area contributed by atoms with Crippen molar-refractivity contribution in [2.45, 2.75) is 63.6 Å². The average Bonchev–Trinajstić information content (AvgIpc) is 2.81. The molecule has 31 heavy (non-hydrogen) atoms. The number of allylic oxidation sites excluding steroid dienone is 1. The van der Waals surface area contributed by atoms with Crippen LogP contribution in [0.1, 0.15) is 61.7 Å². The molecule has 1 heterocycles. The van der Waals surface area contributed by atoms with Crippen LogP contribution in [0.4, 0.5) is 0 Å². The highest BCUT2D eigenvalue weighted by molar-refractivity contribution is 5.96. The van der Waals surface area contributed by atoms with Crippen molar-refractivity contribution >= 4 is 17.7 Å². The minimum absolute atomic E-state index is 0.0193. The van der Waals surface area contributed by atoms with Gasteiger partial charge in [-0.1, -0.05) is 19.3 Å². The normalized spacial score (nSPS) is 26.2. The molecular formula is C24H28O7. The molecule has 0 radical (unpaired) electrons. The molecule has 2 fully saturated rings. The van der Waals surface area contributed by atoms with E-state index in [2.05, 4.69) is 4.74 Å². The summed E-state index contributed by atoms with van der Waals surface area (Å²) in [5.41, 5.74) is 0.399. The van der Waals surface area contributed by atoms with Gasteiger partial charge in [-0.25, -0.2) is 4.79 Å². The second-order valence-electron chi connectivity index (χ2n) is 8.45. The van der Waals surface area contributed by atoms with E-state index in [4.69, 9.17) is 14.2 Å². The molecule has 7 heteroatoms. The Morgan fingerprint density at radius 1 is 1.00 bits per heavy atom. The van der Waals surface area contributed by atoms with Crippen molar-refractivity contribution in [3.05, 3.63) is 41.9 Å². The molecule has 0 bridgehead atoms. The van der Waals surface area contributed by atoms with Crippen molar-refractivity contribution in [2.75, 3.05) is 7.11 Å². The molecular weight excluding hydrogens is 400 g/mol. The summed E-state index contributed by atoms with van der Waals surface area (Å²) in [6, 6.07) is 6.36. The van der Waals surface area contributed by atoms with Gasteiger partial charge in [0, 0.05) is 6.42 Å². The van der Waals surface area contributed by atoms with E-state index in [0.717, 1.165) is 25.7 Å². The van der Waals surface area contributed by atoms with Gasteiger partial charge in [-0.05, 0) is 49.9 Å². The van der Waals surface area contributed by atoms with Gasteiger partial charge in [0.15, 0.2) is 0 Å². The lowest BCUT2D eigenvalue weighted by atomic mass is 9.80. The predicted octanol–water partition coefficient (Wildman–Crippen LogP) is 3.95. The number of hydrogen-bond donors (Lipinski definition) is 0. The Kier molecular flexibility index (Phi) is 6.59. The number of methoxy groups -OCH3 is 1. The van der Waals surface area contributed by atoms with Crippen LogP contribution in [0.25, 0.3) is 0 Å². The molecule has 1 aliphatic heterocycles. The first-order chi connectivity index (χ1) is 15.0. The lowest BCUT2D eigenvalue weighted by Gasteiger charge is -2.37. The van der Waals surface area contributed by atoms with Gasteiger partial charge in [0.2, 0.25) is 11.5 Å². The largest absolute Gasteiger partial charge is 0.493 e. The summed E-state index contributed by atoms with van der Waals surface area (Å²) < 4.78 is 21.9. The zero-order valence-corrected chi connectivity index (χ0v) is 17.7. The van der Waals surface area contributed by atoms with E-state index in [1.807, 2.05) is 0 Å². The summed E-state index contributed by atoms with van der Waals surface area (Å²) in [6.07, 6.45) is 7.80. The fraction of sp³-hybridized carbons (Fsp3) is 0.542. The molecule has 3 aliphatic rings. The molecule has 2 saturated carbocycles. The molecule has 4 rings (SSSR count). The number of rotatable bonds is 5. The number of carbonyl (C=O) groups is 3. The van der Waals surface area contributed by atoms with Crippen molar-refractivity contribution in [1.29, 1.82) is 0 Å². The van der Waals surface area contributed by atoms with Gasteiger partial charge in [-0.3, -0.25) is 9.59 Å². The SMILES string of the molecule is COC(=O)c1ccc(OC2=COC3CC(OC(=O)C4CCCCC4)CCC3C2=O)cc1. The second kappa shape index (κ2) is 9.54. The summed E-state index contributed by atoms with van der Waals surface area (Å²) in [5, 5.41) is 0. The number of carbonyl (C=O) groups excluding carboxylic acids is 3. The fourth-order valence-corrected chi connectivity index (χ4v) is 4.62. The summed E-state index contributed by atoms with van der Waals surface area (Å²) in [6.45, 7) is 0. The van der Waals surface area contributed by atoms with Crippen LogP contribution in [-0.4, -0.2) is 37.0 Å². The molecule has 2 aliphatic carbocycles. The van der Waals surface area contributed by atoms with E-state index in [-0.39, 0.29) is 41.6 Å². The van der Waals surface area contributed by atoms with Crippen LogP contribution in [0.2, 0.25) is 0 Å². The van der Waals surface area contributed by atoms with Crippen LogP contribution in [0, 0.1) is 11.8 Å². The third kappa shape index (κ3) is 4.92. The zero-order chi connectivity index (χ0) is 21.8. The van der Waals surface area contributed by atoms with Crippen LogP contribution in [0.15, 0.2) is 36.3 Å². The summed E-state index contributed by atoms with van der Waals surface area (Å²) >= 11 is 0. The van der Waals surface area contributed by atoms with Crippen molar-refractivity contribution < 1.29 is 33.3 Å². The number of benzene rings is 1. The first-order valence-corrected chi connectivity index (χ1v) is 11.0. The monoisotopic (exact) mass is 428 g/mol. The maximum atomic E-state index is 12.9. The Balaban J connectivity index is 1.33. The van der Waals surface area contributed by atoms with Crippen LogP contribution in [-0.2, 0) is 23.8 Å². The van der Waals surface area contributed by atoms with E-state index in [0.29, 0.717) is 30.6 Å². The third-order valence-corrected chi connectivity index (χ3v) is 6.40. The summed E-state index contributed by atoms with van der Waals surface area (Å²) in [7, 11) is 1.32. The highest BCUT2D eigenvalue weighted by Gasteiger charge is 2.42. The highest BCUT2D eigenvalue weighted by Crippen LogP contribution is 2.36. The Hall–Kier alpha value is -2.83. The number of hydrogen-bond acceptors (Lipinski definition) is 7. The van der Waals surface area contributed by atoms with Crippen molar-refractivity contribution in [2.24, 2.45) is 11.8 Å². The molecule has 1 aromatic rings. The number of ether oxygens (including phenoxy) is 4. The smallest absolute Gasteiger partial charge is 0.337 e. The molecule has 166 valence electrons. The Morgan fingerprint density at radius 3 is 2.45 bits per heavy atom. The number of ketones is 1. The molecule has 1 aromatic carbocycles. The highest BCUT2D eigenvalue weighted by atomic mass is 16.6. The average molecular weight is 428 g/mol. The van der Waals surface area contributed by atoms with Gasteiger partial charge < -0.3 is 18.9 Å². The van der Waals surface area contributed by atoms with E-state index in [9.17, 15) is 14.4 Å². The van der Waals surface area contributed by atoms with Gasteiger partial charge in [0.25, 0.3) is 0 Å². The number of Topliss-reactive ketones (excluding diaryl/α,β-unsaturated/α-hetero) is 1. The van der Waals surface area contributed by atoms with Crippen LogP contribution >= 0.6 is 0 Å². The maximum absolute atomic E-state index is 12.9. The van der Waals surface area contributed by atoms with E-state index < -0.39 is 5.97 Å². The second-order valence-corrected chi connectivity index (χ2v) is 8.45. The third-order valence-electron chi connectivity index (χ3n) is 6.40. The molecule has 3 atom stereocenters. The minimum atomic E-state index is -0.438. The quantitative estimate of drug-likeness (QED) is 0.656. The van der Waals surface area contributed by atoms with Crippen molar-refractivity contribution in [3.8, 4) is 5.75 Å². The predicted molar refractivity (Wildman–Crippen MR) is 110 cm³/mol. The first-order valence-electron chi connectivity index (χ1n) is 11.0. The van der Waals surface area contributed by atoms with Gasteiger partial charge >= 0.3 is 11.9 Å². The van der Waals surface area contributed by atoms with E-state index in [1.165, 1.54) is 19.8 Å². The van der Waals surface area contributed by atoms with Crippen LogP contribution < -0.4 is 4.74 Å². The van der Waals surface area contributed by atoms with Gasteiger partial charge in [0.1, 0.15) is 24.2 Å². The standard InChI is InChI=1S/C24H28O7/c1-28-23(26)16-7-9-17(10-8-16)30-21-14-29-20-13-18(11-12-19(20)22(21)25)31-24(27)15-5-3-2-4-6-15/h7-10,14-15,18-20H,2-6,11-13H2,1H3. The molecule has 0 aromatic heterocycles. The zero-order valence-electron chi connectivity index (χ0n) is 17.7. The Morgan fingerprint density at radius 2 is 1.74 bits per heavy atom. The van der Waals surface area contributed by atoms with Gasteiger partial charge in [-0.15, -0.1) is 0 Å². The minimum Gasteiger partial charge on any atom is -0.493 e. The first kappa shape index (κ1) is 21.4. The van der Waals surface area contributed by atoms with Crippen LogP contribution in [0.3, 0.4) is 0 Å². The number of fused-ring (bicyclic) bond motifs is 1.